The number of fused-ring (bicyclic) bond motifs is 2. The van der Waals surface area contributed by atoms with E-state index in [0.717, 1.165) is 0 Å². The number of phenolic OH excluding ortho intramolecular Hbond substituents is 5. The highest BCUT2D eigenvalue weighted by Crippen LogP contribution is 2.52. The molecule has 0 spiro atoms. The number of benzene rings is 4. The second-order valence-corrected chi connectivity index (χ2v) is 9.86. The van der Waals surface area contributed by atoms with Crippen molar-refractivity contribution in [2.24, 2.45) is 0 Å². The van der Waals surface area contributed by atoms with Crippen molar-refractivity contribution in [1.29, 1.82) is 0 Å². The summed E-state index contributed by atoms with van der Waals surface area (Å²) in [5.41, 5.74) is 2.48. The van der Waals surface area contributed by atoms with Crippen LogP contribution in [-0.2, 0) is 6.42 Å². The fraction of sp³-hybridized carbons (Fsp3) is 0.200. The van der Waals surface area contributed by atoms with E-state index in [0.29, 0.717) is 33.6 Å². The summed E-state index contributed by atoms with van der Waals surface area (Å²) in [5, 5.41) is 73.0. The molecule has 4 aromatic rings. The van der Waals surface area contributed by atoms with Crippen molar-refractivity contribution in [3.05, 3.63) is 101 Å². The van der Waals surface area contributed by atoms with Crippen LogP contribution in [0.4, 0.5) is 0 Å². The van der Waals surface area contributed by atoms with Crippen LogP contribution in [0, 0.1) is 0 Å². The molecule has 5 atom stereocenters. The molecule has 2 aliphatic heterocycles. The van der Waals surface area contributed by atoms with Crippen LogP contribution in [0.15, 0.2) is 72.8 Å². The SMILES string of the molecule is Oc1ccc([C@H]2Oc3cc(O)ccc3[C@H](c3ccc(O)c4c3O[C@H](c3ccc(O)c(O)c3)[C@@H](O)C4)[C@H]2O)cc1. The zero-order valence-electron chi connectivity index (χ0n) is 20.5. The van der Waals surface area contributed by atoms with Gasteiger partial charge in [0.1, 0.15) is 41.0 Å². The number of rotatable bonds is 3. The fourth-order valence-corrected chi connectivity index (χ4v) is 5.47. The summed E-state index contributed by atoms with van der Waals surface area (Å²) in [5.74, 6) is -0.830. The van der Waals surface area contributed by atoms with Crippen molar-refractivity contribution in [3.8, 4) is 40.2 Å². The van der Waals surface area contributed by atoms with Gasteiger partial charge in [-0.15, -0.1) is 0 Å². The first-order valence-electron chi connectivity index (χ1n) is 12.4. The van der Waals surface area contributed by atoms with Gasteiger partial charge in [-0.2, -0.15) is 0 Å². The molecule has 0 bridgehead atoms. The average Bonchev–Trinajstić information content (AvgIpc) is 2.91. The number of hydrogen-bond donors (Lipinski definition) is 7. The van der Waals surface area contributed by atoms with Crippen LogP contribution in [0.3, 0.4) is 0 Å². The maximum Gasteiger partial charge on any atom is 0.157 e. The van der Waals surface area contributed by atoms with Crippen LogP contribution >= 0.6 is 0 Å². The predicted octanol–water partition coefficient (Wildman–Crippen LogP) is 3.88. The smallest absolute Gasteiger partial charge is 0.157 e. The molecule has 0 aliphatic carbocycles. The number of hydrogen-bond acceptors (Lipinski definition) is 9. The minimum atomic E-state index is -1.15. The largest absolute Gasteiger partial charge is 0.508 e. The van der Waals surface area contributed by atoms with E-state index in [1.165, 1.54) is 48.5 Å². The van der Waals surface area contributed by atoms with Gasteiger partial charge in [0.25, 0.3) is 0 Å². The third-order valence-electron chi connectivity index (χ3n) is 7.40. The van der Waals surface area contributed by atoms with E-state index in [9.17, 15) is 35.7 Å². The molecule has 2 aliphatic rings. The molecule has 200 valence electrons. The summed E-state index contributed by atoms with van der Waals surface area (Å²) in [6.07, 6.45) is -3.99. The summed E-state index contributed by atoms with van der Waals surface area (Å²) >= 11 is 0. The number of phenols is 5. The molecule has 2 heterocycles. The molecular formula is C30H26O9. The van der Waals surface area contributed by atoms with Crippen LogP contribution in [-0.4, -0.2) is 48.0 Å². The van der Waals surface area contributed by atoms with Gasteiger partial charge in [-0.1, -0.05) is 30.3 Å². The fourth-order valence-electron chi connectivity index (χ4n) is 5.47. The predicted molar refractivity (Wildman–Crippen MR) is 138 cm³/mol. The number of ether oxygens (including phenoxy) is 2. The summed E-state index contributed by atoms with van der Waals surface area (Å²) in [7, 11) is 0. The third kappa shape index (κ3) is 4.21. The van der Waals surface area contributed by atoms with Crippen molar-refractivity contribution in [1.82, 2.24) is 0 Å². The van der Waals surface area contributed by atoms with Crippen molar-refractivity contribution in [2.75, 3.05) is 0 Å². The van der Waals surface area contributed by atoms with Gasteiger partial charge in [-0.25, -0.2) is 0 Å². The second-order valence-electron chi connectivity index (χ2n) is 9.86. The molecule has 0 radical (unpaired) electrons. The minimum Gasteiger partial charge on any atom is -0.508 e. The van der Waals surface area contributed by atoms with Crippen molar-refractivity contribution in [3.63, 3.8) is 0 Å². The molecule has 7 N–H and O–H groups in total. The lowest BCUT2D eigenvalue weighted by atomic mass is 9.78. The van der Waals surface area contributed by atoms with Gasteiger partial charge in [-0.05, 0) is 47.5 Å². The first-order valence-corrected chi connectivity index (χ1v) is 12.4. The zero-order valence-corrected chi connectivity index (χ0v) is 20.5. The molecule has 0 unspecified atom stereocenters. The second kappa shape index (κ2) is 9.30. The van der Waals surface area contributed by atoms with E-state index in [2.05, 4.69) is 0 Å². The van der Waals surface area contributed by atoms with Crippen LogP contribution < -0.4 is 9.47 Å². The van der Waals surface area contributed by atoms with Gasteiger partial charge >= 0.3 is 0 Å². The zero-order chi connectivity index (χ0) is 27.4. The molecule has 0 fully saturated rings. The maximum atomic E-state index is 11.7. The molecule has 9 nitrogen and oxygen atoms in total. The van der Waals surface area contributed by atoms with E-state index in [1.54, 1.807) is 24.3 Å². The Morgan fingerprint density at radius 3 is 2.00 bits per heavy atom. The summed E-state index contributed by atoms with van der Waals surface area (Å²) < 4.78 is 12.4. The van der Waals surface area contributed by atoms with E-state index in [-0.39, 0.29) is 40.9 Å². The standard InChI is InChI=1S/C30H26O9/c31-16-4-1-14(2-5-16)29-27(37)26(18-7-6-17(32)12-25(18)38-29)19-8-10-21(33)20-13-24(36)28(39-30(19)20)15-3-9-22(34)23(35)11-15/h1-12,24,26-29,31-37H,13H2/t24-,26+,27+,28+,29+/m0/s1. The summed E-state index contributed by atoms with van der Waals surface area (Å²) in [4.78, 5) is 0. The average molecular weight is 531 g/mol. The Bertz CT molecular complexity index is 1550. The Balaban J connectivity index is 1.49. The molecular weight excluding hydrogens is 504 g/mol. The Morgan fingerprint density at radius 2 is 1.26 bits per heavy atom. The quantitative estimate of drug-likeness (QED) is 0.195. The van der Waals surface area contributed by atoms with Gasteiger partial charge in [0.05, 0.1) is 6.10 Å². The molecule has 0 aromatic heterocycles. The summed E-state index contributed by atoms with van der Waals surface area (Å²) in [6.45, 7) is 0. The molecule has 39 heavy (non-hydrogen) atoms. The monoisotopic (exact) mass is 530 g/mol. The van der Waals surface area contributed by atoms with Gasteiger partial charge in [0.15, 0.2) is 17.6 Å². The van der Waals surface area contributed by atoms with Gasteiger partial charge in [0.2, 0.25) is 0 Å². The number of aromatic hydroxyl groups is 5. The van der Waals surface area contributed by atoms with E-state index in [4.69, 9.17) is 9.47 Å². The highest BCUT2D eigenvalue weighted by atomic mass is 16.5. The number of aliphatic hydroxyl groups is 2. The van der Waals surface area contributed by atoms with Crippen LogP contribution in [0.5, 0.6) is 40.2 Å². The van der Waals surface area contributed by atoms with E-state index in [1.807, 2.05) is 0 Å². The molecule has 0 amide bonds. The Morgan fingerprint density at radius 1 is 0.590 bits per heavy atom. The Kier molecular flexibility index (Phi) is 5.90. The lowest BCUT2D eigenvalue weighted by Crippen LogP contribution is -2.36. The number of aliphatic hydroxyl groups excluding tert-OH is 2. The third-order valence-corrected chi connectivity index (χ3v) is 7.40. The maximum absolute atomic E-state index is 11.7. The first-order chi connectivity index (χ1) is 18.7. The minimum absolute atomic E-state index is 0.0207. The van der Waals surface area contributed by atoms with E-state index >= 15 is 0 Å². The van der Waals surface area contributed by atoms with Crippen molar-refractivity contribution >= 4 is 0 Å². The van der Waals surface area contributed by atoms with Crippen molar-refractivity contribution < 1.29 is 45.2 Å². The summed E-state index contributed by atoms with van der Waals surface area (Å²) in [6, 6.07) is 18.1. The normalized spacial score (nSPS) is 23.7. The van der Waals surface area contributed by atoms with Gasteiger partial charge in [0, 0.05) is 35.1 Å². The van der Waals surface area contributed by atoms with Gasteiger partial charge < -0.3 is 45.2 Å². The van der Waals surface area contributed by atoms with Gasteiger partial charge in [-0.3, -0.25) is 0 Å². The lowest BCUT2D eigenvalue weighted by Gasteiger charge is -2.40. The highest BCUT2D eigenvalue weighted by molar-refractivity contribution is 5.59. The van der Waals surface area contributed by atoms with Crippen LogP contribution in [0.2, 0.25) is 0 Å². The molecule has 6 rings (SSSR count). The highest BCUT2D eigenvalue weighted by Gasteiger charge is 2.43. The Labute approximate surface area is 223 Å². The van der Waals surface area contributed by atoms with Crippen LogP contribution in [0.1, 0.15) is 45.9 Å². The van der Waals surface area contributed by atoms with Crippen molar-refractivity contribution in [2.45, 2.75) is 36.8 Å². The topological polar surface area (TPSA) is 160 Å². The first kappa shape index (κ1) is 24.7. The molecule has 0 saturated heterocycles. The van der Waals surface area contributed by atoms with Crippen LogP contribution in [0.25, 0.3) is 0 Å². The lowest BCUT2D eigenvalue weighted by molar-refractivity contribution is 0.00253. The van der Waals surface area contributed by atoms with E-state index < -0.39 is 30.3 Å². The molecule has 0 saturated carbocycles. The molecule has 9 heteroatoms. The molecule has 4 aromatic carbocycles. The Hall–Kier alpha value is -4.60.